The van der Waals surface area contributed by atoms with Crippen molar-refractivity contribution >= 4 is 26.8 Å². The van der Waals surface area contributed by atoms with Crippen molar-refractivity contribution in [2.45, 2.75) is 24.3 Å². The van der Waals surface area contributed by atoms with Crippen LogP contribution in [0.5, 0.6) is 0 Å². The van der Waals surface area contributed by atoms with Crippen molar-refractivity contribution in [3.05, 3.63) is 54.1 Å². The summed E-state index contributed by atoms with van der Waals surface area (Å²) in [6, 6.07) is 10.1. The first-order chi connectivity index (χ1) is 12.7. The van der Waals surface area contributed by atoms with Crippen LogP contribution in [0.1, 0.15) is 23.2 Å². The first kappa shape index (κ1) is 19.2. The summed E-state index contributed by atoms with van der Waals surface area (Å²) in [4.78, 5) is 12.9. The highest BCUT2D eigenvalue weighted by atomic mass is 32.2. The summed E-state index contributed by atoms with van der Waals surface area (Å²) >= 11 is 0. The molecule has 144 valence electrons. The number of sulfonamides is 1. The molecule has 7 nitrogen and oxygen atoms in total. The fraction of sp³-hybridized carbons (Fsp3) is 0.316. The topological polar surface area (TPSA) is 84.5 Å². The first-order valence-electron chi connectivity index (χ1n) is 8.55. The van der Waals surface area contributed by atoms with Crippen LogP contribution in [0.3, 0.4) is 0 Å². The van der Waals surface area contributed by atoms with Crippen molar-refractivity contribution in [1.82, 2.24) is 14.2 Å². The molecule has 2 aromatic heterocycles. The minimum atomic E-state index is -3.53. The van der Waals surface area contributed by atoms with Crippen molar-refractivity contribution in [3.63, 3.8) is 0 Å². The average Bonchev–Trinajstić information content (AvgIpc) is 3.22. The lowest BCUT2D eigenvalue weighted by atomic mass is 10.2. The van der Waals surface area contributed by atoms with Gasteiger partial charge < -0.3 is 14.3 Å². The van der Waals surface area contributed by atoms with Crippen LogP contribution in [0.15, 0.2) is 52.0 Å². The maximum atomic E-state index is 12.7. The van der Waals surface area contributed by atoms with Crippen molar-refractivity contribution in [2.24, 2.45) is 7.05 Å². The quantitative estimate of drug-likeness (QED) is 0.701. The number of fused-ring (bicyclic) bond motifs is 1. The van der Waals surface area contributed by atoms with Crippen LogP contribution in [0.4, 0.5) is 0 Å². The largest absolute Gasteiger partial charge is 0.469 e. The highest BCUT2D eigenvalue weighted by molar-refractivity contribution is 7.89. The summed E-state index contributed by atoms with van der Waals surface area (Å²) in [5, 5.41) is 3.65. The van der Waals surface area contributed by atoms with Crippen LogP contribution in [0, 0.1) is 0 Å². The normalized spacial score (nSPS) is 13.2. The van der Waals surface area contributed by atoms with Crippen LogP contribution in [0.25, 0.3) is 10.9 Å². The second kappa shape index (κ2) is 7.21. The van der Waals surface area contributed by atoms with E-state index in [1.807, 2.05) is 19.1 Å². The van der Waals surface area contributed by atoms with Crippen LogP contribution >= 0.6 is 0 Å². The molecular weight excluding hydrogens is 366 g/mol. The Morgan fingerprint density at radius 1 is 1.26 bits per heavy atom. The fourth-order valence-electron chi connectivity index (χ4n) is 3.00. The van der Waals surface area contributed by atoms with Gasteiger partial charge in [0.1, 0.15) is 11.5 Å². The van der Waals surface area contributed by atoms with Crippen molar-refractivity contribution in [3.8, 4) is 0 Å². The number of nitrogens with zero attached hydrogens (tertiary/aromatic N) is 2. The number of hydrogen-bond donors (Lipinski definition) is 1. The van der Waals surface area contributed by atoms with Gasteiger partial charge in [-0.15, -0.1) is 0 Å². The summed E-state index contributed by atoms with van der Waals surface area (Å²) in [6.07, 6.45) is 2.20. The lowest BCUT2D eigenvalue weighted by Gasteiger charge is -2.13. The Kier molecular flexibility index (Phi) is 5.12. The van der Waals surface area contributed by atoms with Gasteiger partial charge in [-0.2, -0.15) is 0 Å². The van der Waals surface area contributed by atoms with E-state index < -0.39 is 10.0 Å². The van der Waals surface area contributed by atoms with E-state index in [9.17, 15) is 13.2 Å². The summed E-state index contributed by atoms with van der Waals surface area (Å²) in [5.74, 6) is 0.586. The number of rotatable bonds is 6. The summed E-state index contributed by atoms with van der Waals surface area (Å²) in [7, 11) is 1.24. The number of carbonyl (C=O) groups is 1. The molecule has 27 heavy (non-hydrogen) atoms. The number of hydrogen-bond acceptors (Lipinski definition) is 4. The molecule has 0 bridgehead atoms. The van der Waals surface area contributed by atoms with Gasteiger partial charge in [-0.25, -0.2) is 12.7 Å². The Balaban J connectivity index is 1.86. The van der Waals surface area contributed by atoms with Crippen molar-refractivity contribution in [2.75, 3.05) is 14.1 Å². The molecule has 2 heterocycles. The third kappa shape index (κ3) is 3.77. The van der Waals surface area contributed by atoms with Gasteiger partial charge in [0.25, 0.3) is 5.91 Å². The predicted molar refractivity (Wildman–Crippen MR) is 103 cm³/mol. The second-order valence-corrected chi connectivity index (χ2v) is 8.91. The SMILES string of the molecule is C[C@H](Cc1ccco1)NC(=O)c1cc2cc(S(=O)(=O)N(C)C)ccc2n1C. The smallest absolute Gasteiger partial charge is 0.268 e. The number of amides is 1. The van der Waals surface area contributed by atoms with Crippen LogP contribution in [-0.2, 0) is 23.5 Å². The highest BCUT2D eigenvalue weighted by Crippen LogP contribution is 2.24. The molecular formula is C19H23N3O4S. The fourth-order valence-corrected chi connectivity index (χ4v) is 3.93. The van der Waals surface area contributed by atoms with E-state index in [4.69, 9.17) is 4.42 Å². The molecule has 0 radical (unpaired) electrons. The molecule has 1 N–H and O–H groups in total. The molecule has 3 rings (SSSR count). The van der Waals surface area contributed by atoms with E-state index in [0.29, 0.717) is 17.5 Å². The highest BCUT2D eigenvalue weighted by Gasteiger charge is 2.20. The van der Waals surface area contributed by atoms with Gasteiger partial charge in [-0.1, -0.05) is 0 Å². The van der Waals surface area contributed by atoms with Gasteiger partial charge in [-0.3, -0.25) is 4.79 Å². The van der Waals surface area contributed by atoms with Gasteiger partial charge >= 0.3 is 0 Å². The molecule has 0 saturated heterocycles. The zero-order valence-corrected chi connectivity index (χ0v) is 16.6. The molecule has 0 aliphatic rings. The lowest BCUT2D eigenvalue weighted by molar-refractivity contribution is 0.0931. The maximum absolute atomic E-state index is 12.7. The molecule has 0 saturated carbocycles. The monoisotopic (exact) mass is 389 g/mol. The Hall–Kier alpha value is -2.58. The van der Waals surface area contributed by atoms with Gasteiger partial charge in [0.2, 0.25) is 10.0 Å². The minimum absolute atomic E-state index is 0.105. The Labute approximate surface area is 158 Å². The standard InChI is InChI=1S/C19H23N3O4S/c1-13(10-15-6-5-9-26-15)20-19(23)18-12-14-11-16(27(24,25)21(2)3)7-8-17(14)22(18)4/h5-9,11-13H,10H2,1-4H3,(H,20,23)/t13-/m1/s1. The summed E-state index contributed by atoms with van der Waals surface area (Å²) in [6.45, 7) is 1.91. The van der Waals surface area contributed by atoms with E-state index in [1.54, 1.807) is 42.1 Å². The lowest BCUT2D eigenvalue weighted by Crippen LogP contribution is -2.35. The third-order valence-corrected chi connectivity index (χ3v) is 6.30. The molecule has 8 heteroatoms. The number of carbonyl (C=O) groups excluding carboxylic acids is 1. The van der Waals surface area contributed by atoms with E-state index in [-0.39, 0.29) is 16.8 Å². The van der Waals surface area contributed by atoms with Crippen LogP contribution < -0.4 is 5.32 Å². The van der Waals surface area contributed by atoms with E-state index in [2.05, 4.69) is 5.32 Å². The van der Waals surface area contributed by atoms with Gasteiger partial charge in [0.05, 0.1) is 11.2 Å². The predicted octanol–water partition coefficient (Wildman–Crippen LogP) is 2.38. The molecule has 3 aromatic rings. The maximum Gasteiger partial charge on any atom is 0.268 e. The minimum Gasteiger partial charge on any atom is -0.469 e. The molecule has 0 spiro atoms. The number of aromatic nitrogens is 1. The van der Waals surface area contributed by atoms with Gasteiger partial charge in [-0.05, 0) is 43.3 Å². The van der Waals surface area contributed by atoms with Gasteiger partial charge in [0, 0.05) is 44.5 Å². The molecule has 0 aliphatic carbocycles. The Bertz CT molecular complexity index is 1070. The van der Waals surface area contributed by atoms with Crippen LogP contribution in [0.2, 0.25) is 0 Å². The molecule has 0 aliphatic heterocycles. The molecule has 0 fully saturated rings. The molecule has 1 atom stereocenters. The summed E-state index contributed by atoms with van der Waals surface area (Å²) in [5.41, 5.74) is 1.26. The van der Waals surface area contributed by atoms with Crippen molar-refractivity contribution in [1.29, 1.82) is 0 Å². The Morgan fingerprint density at radius 3 is 2.63 bits per heavy atom. The van der Waals surface area contributed by atoms with Crippen LogP contribution in [-0.4, -0.2) is 43.3 Å². The number of furan rings is 1. The number of benzene rings is 1. The van der Waals surface area contributed by atoms with Gasteiger partial charge in [0.15, 0.2) is 0 Å². The third-order valence-electron chi connectivity index (χ3n) is 4.49. The first-order valence-corrected chi connectivity index (χ1v) is 9.99. The molecule has 1 aromatic carbocycles. The number of nitrogens with one attached hydrogen (secondary N) is 1. The summed E-state index contributed by atoms with van der Waals surface area (Å²) < 4.78 is 32.9. The average molecular weight is 389 g/mol. The Morgan fingerprint density at radius 2 is 2.00 bits per heavy atom. The number of aryl methyl sites for hydroxylation is 1. The van der Waals surface area contributed by atoms with E-state index >= 15 is 0 Å². The zero-order chi connectivity index (χ0) is 19.8. The zero-order valence-electron chi connectivity index (χ0n) is 15.8. The molecule has 0 unspecified atom stereocenters. The van der Waals surface area contributed by atoms with E-state index in [0.717, 1.165) is 11.3 Å². The molecule has 1 amide bonds. The second-order valence-electron chi connectivity index (χ2n) is 6.75. The van der Waals surface area contributed by atoms with Crippen molar-refractivity contribution < 1.29 is 17.6 Å². The van der Waals surface area contributed by atoms with E-state index in [1.165, 1.54) is 18.4 Å².